The number of allylic oxidation sites excluding steroid dienone is 2. The molecule has 0 fully saturated rings. The van der Waals surface area contributed by atoms with Crippen LogP contribution in [-0.2, 0) is 0 Å². The molecule has 0 saturated heterocycles. The van der Waals surface area contributed by atoms with Crippen LogP contribution in [0.5, 0.6) is 0 Å². The summed E-state index contributed by atoms with van der Waals surface area (Å²) in [7, 11) is 0. The summed E-state index contributed by atoms with van der Waals surface area (Å²) in [5.74, 6) is 0.791. The number of hydrogen-bond donors (Lipinski definition) is 0. The van der Waals surface area contributed by atoms with Gasteiger partial charge in [-0.1, -0.05) is 41.4 Å². The minimum Gasteiger partial charge on any atom is -0.0880 e. The second-order valence-electron chi connectivity index (χ2n) is 2.81. The van der Waals surface area contributed by atoms with E-state index in [-0.39, 0.29) is 0 Å². The predicted octanol–water partition coefficient (Wildman–Crippen LogP) is 3.37. The van der Waals surface area contributed by atoms with Gasteiger partial charge in [0.25, 0.3) is 0 Å². The largest absolute Gasteiger partial charge is 0.0880 e. The van der Waals surface area contributed by atoms with Gasteiger partial charge >= 0.3 is 0 Å². The topological polar surface area (TPSA) is 0 Å². The highest BCUT2D eigenvalue weighted by atomic mass is 79.9. The van der Waals surface area contributed by atoms with Crippen molar-refractivity contribution in [1.29, 1.82) is 0 Å². The number of rotatable bonds is 3. The predicted molar refractivity (Wildman–Crippen MR) is 47.0 cm³/mol. The molecule has 0 rings (SSSR count). The Morgan fingerprint density at radius 1 is 1.56 bits per heavy atom. The first-order valence-corrected chi connectivity index (χ1v) is 4.50. The molecule has 0 aromatic rings. The van der Waals surface area contributed by atoms with Gasteiger partial charge in [-0.25, -0.2) is 0 Å². The fraction of sp³-hybridized carbons (Fsp3) is 0.750. The Balaban J connectivity index is 3.43. The van der Waals surface area contributed by atoms with Gasteiger partial charge in [-0.3, -0.25) is 0 Å². The molecule has 0 aromatic heterocycles. The third-order valence-electron chi connectivity index (χ3n) is 1.15. The van der Waals surface area contributed by atoms with Crippen molar-refractivity contribution in [1.82, 2.24) is 0 Å². The summed E-state index contributed by atoms with van der Waals surface area (Å²) in [6.45, 7) is 6.62. The van der Waals surface area contributed by atoms with E-state index in [1.54, 1.807) is 0 Å². The number of hydrogen-bond acceptors (Lipinski definition) is 0. The standard InChI is InChI=1S/C8H15Br/c1-7(2)4-5-8(3)6-9/h5,7H,4,6H2,1-3H3/b8-5-. The molecule has 54 valence electrons. The molecule has 0 aliphatic carbocycles. The smallest absolute Gasteiger partial charge is 0.0239 e. The van der Waals surface area contributed by atoms with Gasteiger partial charge in [0.05, 0.1) is 0 Å². The zero-order valence-electron chi connectivity index (χ0n) is 6.45. The Labute approximate surface area is 66.5 Å². The third-order valence-corrected chi connectivity index (χ3v) is 2.03. The van der Waals surface area contributed by atoms with Crippen LogP contribution in [0.3, 0.4) is 0 Å². The Morgan fingerprint density at radius 2 is 2.11 bits per heavy atom. The van der Waals surface area contributed by atoms with Crippen molar-refractivity contribution in [2.75, 3.05) is 5.33 Å². The van der Waals surface area contributed by atoms with Crippen LogP contribution in [0.1, 0.15) is 27.2 Å². The lowest BCUT2D eigenvalue weighted by Crippen LogP contribution is -1.84. The normalized spacial score (nSPS) is 12.8. The van der Waals surface area contributed by atoms with E-state index in [1.165, 1.54) is 12.0 Å². The quantitative estimate of drug-likeness (QED) is 0.473. The molecule has 0 amide bonds. The minimum atomic E-state index is 0.791. The van der Waals surface area contributed by atoms with E-state index in [0.717, 1.165) is 11.2 Å². The van der Waals surface area contributed by atoms with Crippen molar-refractivity contribution >= 4 is 15.9 Å². The Hall–Kier alpha value is 0.220. The SMILES string of the molecule is C/C(=C/CC(C)C)CBr. The summed E-state index contributed by atoms with van der Waals surface area (Å²) in [5, 5.41) is 1.01. The van der Waals surface area contributed by atoms with Gasteiger partial charge in [-0.2, -0.15) is 0 Å². The van der Waals surface area contributed by atoms with Crippen molar-refractivity contribution in [2.24, 2.45) is 5.92 Å². The molecule has 0 aliphatic rings. The van der Waals surface area contributed by atoms with Crippen LogP contribution in [-0.4, -0.2) is 5.33 Å². The van der Waals surface area contributed by atoms with Gasteiger partial charge in [-0.15, -0.1) is 0 Å². The molecule has 0 nitrogen and oxygen atoms in total. The van der Waals surface area contributed by atoms with Gasteiger partial charge in [0, 0.05) is 5.33 Å². The molecule has 0 bridgehead atoms. The Morgan fingerprint density at radius 3 is 2.44 bits per heavy atom. The molecule has 9 heavy (non-hydrogen) atoms. The lowest BCUT2D eigenvalue weighted by Gasteiger charge is -1.98. The van der Waals surface area contributed by atoms with Crippen LogP contribution < -0.4 is 0 Å². The monoisotopic (exact) mass is 190 g/mol. The third kappa shape index (κ3) is 6.10. The Kier molecular flexibility index (Phi) is 5.16. The van der Waals surface area contributed by atoms with Crippen LogP contribution in [0.2, 0.25) is 0 Å². The highest BCUT2D eigenvalue weighted by Gasteiger charge is 1.89. The van der Waals surface area contributed by atoms with Crippen LogP contribution >= 0.6 is 15.9 Å². The molecule has 0 aliphatic heterocycles. The van der Waals surface area contributed by atoms with E-state index < -0.39 is 0 Å². The number of halogens is 1. The average molecular weight is 191 g/mol. The fourth-order valence-corrected chi connectivity index (χ4v) is 0.720. The van der Waals surface area contributed by atoms with Gasteiger partial charge in [0.2, 0.25) is 0 Å². The van der Waals surface area contributed by atoms with Crippen LogP contribution in [0.4, 0.5) is 0 Å². The second kappa shape index (κ2) is 5.04. The first kappa shape index (κ1) is 9.22. The molecule has 0 radical (unpaired) electrons. The summed E-state index contributed by atoms with van der Waals surface area (Å²) in [6, 6.07) is 0. The van der Waals surface area contributed by atoms with E-state index >= 15 is 0 Å². The van der Waals surface area contributed by atoms with E-state index in [2.05, 4.69) is 42.8 Å². The molecule has 0 atom stereocenters. The van der Waals surface area contributed by atoms with Gasteiger partial charge in [0.1, 0.15) is 0 Å². The second-order valence-corrected chi connectivity index (χ2v) is 3.37. The first-order valence-electron chi connectivity index (χ1n) is 3.38. The zero-order chi connectivity index (χ0) is 7.28. The van der Waals surface area contributed by atoms with Crippen molar-refractivity contribution in [3.63, 3.8) is 0 Å². The molecule has 0 heterocycles. The zero-order valence-corrected chi connectivity index (χ0v) is 8.03. The highest BCUT2D eigenvalue weighted by molar-refractivity contribution is 9.09. The maximum Gasteiger partial charge on any atom is 0.0239 e. The molecule has 0 N–H and O–H groups in total. The maximum atomic E-state index is 3.40. The summed E-state index contributed by atoms with van der Waals surface area (Å²) in [4.78, 5) is 0. The summed E-state index contributed by atoms with van der Waals surface area (Å²) < 4.78 is 0. The highest BCUT2D eigenvalue weighted by Crippen LogP contribution is 2.05. The summed E-state index contributed by atoms with van der Waals surface area (Å²) in [5.41, 5.74) is 1.43. The van der Waals surface area contributed by atoms with E-state index in [0.29, 0.717) is 0 Å². The van der Waals surface area contributed by atoms with Gasteiger partial charge < -0.3 is 0 Å². The molecular formula is C8H15Br. The first-order chi connectivity index (χ1) is 4.16. The fourth-order valence-electron chi connectivity index (χ4n) is 0.491. The Bertz CT molecular complexity index is 92.7. The lowest BCUT2D eigenvalue weighted by atomic mass is 10.1. The van der Waals surface area contributed by atoms with Crippen LogP contribution in [0.25, 0.3) is 0 Å². The molecule has 0 saturated carbocycles. The van der Waals surface area contributed by atoms with Crippen molar-refractivity contribution < 1.29 is 0 Å². The lowest BCUT2D eigenvalue weighted by molar-refractivity contribution is 0.661. The summed E-state index contributed by atoms with van der Waals surface area (Å²) in [6.07, 6.45) is 3.50. The molecule has 0 unspecified atom stereocenters. The summed E-state index contributed by atoms with van der Waals surface area (Å²) >= 11 is 3.40. The average Bonchev–Trinajstić information content (AvgIpc) is 1.83. The van der Waals surface area contributed by atoms with E-state index in [4.69, 9.17) is 0 Å². The molecular weight excluding hydrogens is 176 g/mol. The molecule has 0 spiro atoms. The van der Waals surface area contributed by atoms with Crippen LogP contribution in [0.15, 0.2) is 11.6 Å². The minimum absolute atomic E-state index is 0.791. The van der Waals surface area contributed by atoms with Gasteiger partial charge in [0.15, 0.2) is 0 Å². The maximum absolute atomic E-state index is 3.40. The van der Waals surface area contributed by atoms with E-state index in [9.17, 15) is 0 Å². The van der Waals surface area contributed by atoms with Crippen molar-refractivity contribution in [3.05, 3.63) is 11.6 Å². The van der Waals surface area contributed by atoms with Crippen molar-refractivity contribution in [3.8, 4) is 0 Å². The van der Waals surface area contributed by atoms with Gasteiger partial charge in [-0.05, 0) is 19.3 Å². The molecule has 1 heteroatoms. The van der Waals surface area contributed by atoms with Crippen molar-refractivity contribution in [2.45, 2.75) is 27.2 Å². The number of alkyl halides is 1. The molecule has 0 aromatic carbocycles. The van der Waals surface area contributed by atoms with Crippen LogP contribution in [0, 0.1) is 5.92 Å². The van der Waals surface area contributed by atoms with E-state index in [1.807, 2.05) is 0 Å².